The van der Waals surface area contributed by atoms with Crippen molar-refractivity contribution in [3.63, 3.8) is 0 Å². The number of para-hydroxylation sites is 1. The van der Waals surface area contributed by atoms with E-state index in [4.69, 9.17) is 0 Å². The van der Waals surface area contributed by atoms with Crippen molar-refractivity contribution >= 4 is 38.4 Å². The van der Waals surface area contributed by atoms with Crippen molar-refractivity contribution in [2.24, 2.45) is 0 Å². The maximum absolute atomic E-state index is 13.1. The van der Waals surface area contributed by atoms with Crippen molar-refractivity contribution in [2.45, 2.75) is 35.8 Å². The molecule has 3 rings (SSSR count). The van der Waals surface area contributed by atoms with Crippen LogP contribution in [0.5, 0.6) is 0 Å². The molecule has 2 unspecified atom stereocenters. The SMILES string of the molecule is CC(Sc1nc(C(F)(F)F)nc2ccccc12)C(=O)NC1CCS(=O)(=O)C1. The third-order valence-electron chi connectivity index (χ3n) is 4.06. The molecular formula is C16H16F3N3O3S2. The normalized spacial score (nSPS) is 20.5. The first-order chi connectivity index (χ1) is 12.5. The number of rotatable bonds is 4. The molecule has 6 nitrogen and oxygen atoms in total. The van der Waals surface area contributed by atoms with Gasteiger partial charge in [0.25, 0.3) is 0 Å². The molecule has 0 radical (unpaired) electrons. The van der Waals surface area contributed by atoms with Gasteiger partial charge >= 0.3 is 6.18 Å². The third kappa shape index (κ3) is 4.70. The highest BCUT2D eigenvalue weighted by atomic mass is 32.2. The van der Waals surface area contributed by atoms with Gasteiger partial charge in [-0.3, -0.25) is 4.79 Å². The zero-order valence-corrected chi connectivity index (χ0v) is 15.8. The first kappa shape index (κ1) is 19.9. The minimum atomic E-state index is -4.71. The fourth-order valence-electron chi connectivity index (χ4n) is 2.71. The highest BCUT2D eigenvalue weighted by Gasteiger charge is 2.36. The molecule has 1 aliphatic heterocycles. The number of hydrogen-bond acceptors (Lipinski definition) is 6. The number of carbonyl (C=O) groups is 1. The highest BCUT2D eigenvalue weighted by Crippen LogP contribution is 2.33. The zero-order valence-electron chi connectivity index (χ0n) is 14.2. The Morgan fingerprint density at radius 1 is 1.30 bits per heavy atom. The topological polar surface area (TPSA) is 89.0 Å². The van der Waals surface area contributed by atoms with E-state index < -0.39 is 39.0 Å². The number of halogens is 3. The highest BCUT2D eigenvalue weighted by molar-refractivity contribution is 8.00. The van der Waals surface area contributed by atoms with Gasteiger partial charge in [0, 0.05) is 11.4 Å². The molecule has 1 N–H and O–H groups in total. The molecule has 0 aliphatic carbocycles. The van der Waals surface area contributed by atoms with Gasteiger partial charge in [-0.2, -0.15) is 13.2 Å². The smallest absolute Gasteiger partial charge is 0.351 e. The Bertz CT molecular complexity index is 980. The molecular weight excluding hydrogens is 403 g/mol. The molecule has 146 valence electrons. The number of hydrogen-bond donors (Lipinski definition) is 1. The number of aromatic nitrogens is 2. The average Bonchev–Trinajstić information content (AvgIpc) is 2.92. The molecule has 0 bridgehead atoms. The number of nitrogens with one attached hydrogen (secondary N) is 1. The second-order valence-corrected chi connectivity index (χ2v) is 9.79. The van der Waals surface area contributed by atoms with E-state index in [9.17, 15) is 26.4 Å². The van der Waals surface area contributed by atoms with Gasteiger partial charge in [-0.15, -0.1) is 0 Å². The summed E-state index contributed by atoms with van der Waals surface area (Å²) in [6.07, 6.45) is -4.37. The molecule has 2 aromatic rings. The van der Waals surface area contributed by atoms with Gasteiger partial charge in [0.1, 0.15) is 5.03 Å². The summed E-state index contributed by atoms with van der Waals surface area (Å²) in [7, 11) is -3.14. The van der Waals surface area contributed by atoms with Crippen molar-refractivity contribution in [1.29, 1.82) is 0 Å². The number of amides is 1. The van der Waals surface area contributed by atoms with Crippen LogP contribution in [-0.4, -0.2) is 47.1 Å². The Morgan fingerprint density at radius 3 is 2.63 bits per heavy atom. The summed E-state index contributed by atoms with van der Waals surface area (Å²) < 4.78 is 62.2. The lowest BCUT2D eigenvalue weighted by Crippen LogP contribution is -2.40. The minimum Gasteiger partial charge on any atom is -0.351 e. The number of fused-ring (bicyclic) bond motifs is 1. The van der Waals surface area contributed by atoms with E-state index >= 15 is 0 Å². The quantitative estimate of drug-likeness (QED) is 0.605. The van der Waals surface area contributed by atoms with Crippen LogP contribution in [-0.2, 0) is 20.8 Å². The summed E-state index contributed by atoms with van der Waals surface area (Å²) in [5.41, 5.74) is 0.136. The molecule has 1 aromatic heterocycles. The van der Waals surface area contributed by atoms with Crippen LogP contribution >= 0.6 is 11.8 Å². The van der Waals surface area contributed by atoms with E-state index in [0.717, 1.165) is 11.8 Å². The largest absolute Gasteiger partial charge is 0.451 e. The van der Waals surface area contributed by atoms with Crippen LogP contribution in [0.15, 0.2) is 29.3 Å². The lowest BCUT2D eigenvalue weighted by atomic mass is 10.2. The second kappa shape index (κ2) is 7.27. The molecule has 1 aliphatic rings. The van der Waals surface area contributed by atoms with Crippen molar-refractivity contribution in [2.75, 3.05) is 11.5 Å². The Kier molecular flexibility index (Phi) is 5.35. The van der Waals surface area contributed by atoms with Crippen LogP contribution in [0.3, 0.4) is 0 Å². The van der Waals surface area contributed by atoms with Crippen LogP contribution in [0.1, 0.15) is 19.2 Å². The van der Waals surface area contributed by atoms with Gasteiger partial charge in [-0.1, -0.05) is 30.0 Å². The van der Waals surface area contributed by atoms with Crippen LogP contribution in [0.4, 0.5) is 13.2 Å². The minimum absolute atomic E-state index is 0.0188. The van der Waals surface area contributed by atoms with Gasteiger partial charge in [0.2, 0.25) is 11.7 Å². The van der Waals surface area contributed by atoms with E-state index in [0.29, 0.717) is 11.8 Å². The van der Waals surface area contributed by atoms with Gasteiger partial charge < -0.3 is 5.32 Å². The summed E-state index contributed by atoms with van der Waals surface area (Å²) >= 11 is 0.882. The zero-order chi connectivity index (χ0) is 19.8. The van der Waals surface area contributed by atoms with Gasteiger partial charge in [0.15, 0.2) is 9.84 Å². The molecule has 0 spiro atoms. The second-order valence-electron chi connectivity index (χ2n) is 6.24. The maximum Gasteiger partial charge on any atom is 0.451 e. The summed E-state index contributed by atoms with van der Waals surface area (Å²) in [4.78, 5) is 19.5. The Balaban J connectivity index is 1.81. The number of thioether (sulfide) groups is 1. The predicted octanol–water partition coefficient (Wildman–Crippen LogP) is 2.43. The van der Waals surface area contributed by atoms with E-state index in [2.05, 4.69) is 15.3 Å². The number of sulfone groups is 1. The summed E-state index contributed by atoms with van der Waals surface area (Å²) in [5, 5.41) is 2.35. The number of alkyl halides is 3. The van der Waals surface area contributed by atoms with E-state index in [-0.39, 0.29) is 22.0 Å². The lowest BCUT2D eigenvalue weighted by Gasteiger charge is -2.16. The number of benzene rings is 1. The standard InChI is InChI=1S/C16H16F3N3O3S2/c1-9(13(23)20-10-6-7-27(24,25)8-10)26-14-11-4-2-3-5-12(11)21-15(22-14)16(17,18)19/h2-5,9-10H,6-8H2,1H3,(H,20,23). The van der Waals surface area contributed by atoms with Crippen molar-refractivity contribution in [1.82, 2.24) is 15.3 Å². The first-order valence-corrected chi connectivity index (χ1v) is 10.8. The molecule has 11 heteroatoms. The fourth-order valence-corrected chi connectivity index (χ4v) is 5.33. The summed E-state index contributed by atoms with van der Waals surface area (Å²) in [6.45, 7) is 1.54. The van der Waals surface area contributed by atoms with Crippen molar-refractivity contribution < 1.29 is 26.4 Å². The molecule has 27 heavy (non-hydrogen) atoms. The Morgan fingerprint density at radius 2 is 2.00 bits per heavy atom. The van der Waals surface area contributed by atoms with Gasteiger partial charge in [0.05, 0.1) is 22.3 Å². The van der Waals surface area contributed by atoms with E-state index in [1.54, 1.807) is 18.2 Å². The van der Waals surface area contributed by atoms with Crippen LogP contribution in [0, 0.1) is 0 Å². The molecule has 1 saturated heterocycles. The number of carbonyl (C=O) groups excluding carboxylic acids is 1. The van der Waals surface area contributed by atoms with E-state index in [1.807, 2.05) is 0 Å². The summed E-state index contributed by atoms with van der Waals surface area (Å²) in [6, 6.07) is 5.78. The molecule has 1 fully saturated rings. The molecule has 2 heterocycles. The van der Waals surface area contributed by atoms with E-state index in [1.165, 1.54) is 13.0 Å². The predicted molar refractivity (Wildman–Crippen MR) is 95.1 cm³/mol. The lowest BCUT2D eigenvalue weighted by molar-refractivity contribution is -0.145. The Hall–Kier alpha value is -1.88. The first-order valence-electron chi connectivity index (χ1n) is 8.06. The maximum atomic E-state index is 13.1. The average molecular weight is 419 g/mol. The van der Waals surface area contributed by atoms with Crippen LogP contribution in [0.2, 0.25) is 0 Å². The van der Waals surface area contributed by atoms with Crippen LogP contribution in [0.25, 0.3) is 10.9 Å². The molecule has 1 aromatic carbocycles. The molecule has 2 atom stereocenters. The van der Waals surface area contributed by atoms with Crippen LogP contribution < -0.4 is 5.32 Å². The third-order valence-corrected chi connectivity index (χ3v) is 6.93. The van der Waals surface area contributed by atoms with Crippen molar-refractivity contribution in [3.05, 3.63) is 30.1 Å². The number of nitrogens with zero attached hydrogens (tertiary/aromatic N) is 2. The molecule has 0 saturated carbocycles. The van der Waals surface area contributed by atoms with Gasteiger partial charge in [-0.05, 0) is 19.4 Å². The monoisotopic (exact) mass is 419 g/mol. The fraction of sp³-hybridized carbons (Fsp3) is 0.438. The molecule has 1 amide bonds. The van der Waals surface area contributed by atoms with Gasteiger partial charge in [-0.25, -0.2) is 18.4 Å². The summed E-state index contributed by atoms with van der Waals surface area (Å²) in [5.74, 6) is -1.81. The van der Waals surface area contributed by atoms with Crippen molar-refractivity contribution in [3.8, 4) is 0 Å². The Labute approximate surface area is 157 Å².